The summed E-state index contributed by atoms with van der Waals surface area (Å²) in [6, 6.07) is 11.9. The van der Waals surface area contributed by atoms with E-state index in [1.807, 2.05) is 30.3 Å². The molecule has 2 amide bonds. The highest BCUT2D eigenvalue weighted by Crippen LogP contribution is 2.39. The van der Waals surface area contributed by atoms with Crippen LogP contribution in [0.3, 0.4) is 0 Å². The van der Waals surface area contributed by atoms with E-state index in [1.54, 1.807) is 19.1 Å². The Kier molecular flexibility index (Phi) is 7.82. The zero-order valence-electron chi connectivity index (χ0n) is 17.8. The van der Waals surface area contributed by atoms with Crippen molar-refractivity contribution in [3.63, 3.8) is 0 Å². The number of carbonyl (C=O) groups excluding carboxylic acids is 3. The smallest absolute Gasteiger partial charge is 0.329 e. The van der Waals surface area contributed by atoms with Gasteiger partial charge in [-0.05, 0) is 54.9 Å². The number of rotatable bonds is 8. The summed E-state index contributed by atoms with van der Waals surface area (Å²) in [6.45, 7) is 3.58. The molecule has 1 heterocycles. The third kappa shape index (κ3) is 5.26. The molecule has 0 unspecified atom stereocenters. The van der Waals surface area contributed by atoms with Crippen molar-refractivity contribution in [1.29, 1.82) is 0 Å². The molecule has 1 aliphatic heterocycles. The highest BCUT2D eigenvalue weighted by Gasteiger charge is 2.41. The minimum atomic E-state index is -1.01. The molecule has 0 N–H and O–H groups in total. The maximum absolute atomic E-state index is 12.8. The second-order valence-corrected chi connectivity index (χ2v) is 8.19. The molecule has 2 aromatic rings. The van der Waals surface area contributed by atoms with Crippen LogP contribution in [-0.4, -0.2) is 41.8 Å². The van der Waals surface area contributed by atoms with E-state index >= 15 is 0 Å². The van der Waals surface area contributed by atoms with Crippen molar-refractivity contribution in [2.24, 2.45) is 0 Å². The Morgan fingerprint density at radius 3 is 2.59 bits per heavy atom. The monoisotopic (exact) mass is 475 g/mol. The maximum Gasteiger partial charge on any atom is 0.329 e. The fraction of sp³-hybridized carbons (Fsp3) is 0.261. The van der Waals surface area contributed by atoms with Crippen LogP contribution in [0.2, 0.25) is 5.02 Å². The number of hydrogen-bond donors (Lipinski definition) is 0. The Bertz CT molecular complexity index is 1060. The van der Waals surface area contributed by atoms with Crippen molar-refractivity contribution in [3.05, 3.63) is 63.5 Å². The standard InChI is InChI=1S/C23H22ClNO6S/c1-4-30-22(27)14(2)25-21(26)19(32-23(25)28)12-16-10-17(24)20(18(11-16)29-3)31-13-15-8-6-5-7-9-15/h5-12,14H,4,13H2,1-3H3/b19-12+/t14-/m1/s1. The normalized spacial score (nSPS) is 15.8. The van der Waals surface area contributed by atoms with Gasteiger partial charge in [0, 0.05) is 0 Å². The predicted octanol–water partition coefficient (Wildman–Crippen LogP) is 4.92. The van der Waals surface area contributed by atoms with Gasteiger partial charge in [0.2, 0.25) is 0 Å². The van der Waals surface area contributed by atoms with Gasteiger partial charge in [-0.2, -0.15) is 0 Å². The Morgan fingerprint density at radius 1 is 1.22 bits per heavy atom. The number of carbonyl (C=O) groups is 3. The lowest BCUT2D eigenvalue weighted by atomic mass is 10.1. The summed E-state index contributed by atoms with van der Waals surface area (Å²) in [5.74, 6) is -0.446. The molecule has 168 valence electrons. The molecule has 1 fully saturated rings. The quantitative estimate of drug-likeness (QED) is 0.396. The summed E-state index contributed by atoms with van der Waals surface area (Å²) in [6.07, 6.45) is 1.53. The molecule has 1 saturated heterocycles. The lowest BCUT2D eigenvalue weighted by molar-refractivity contribution is -0.150. The number of ether oxygens (including phenoxy) is 3. The van der Waals surface area contributed by atoms with Crippen molar-refractivity contribution in [2.45, 2.75) is 26.5 Å². The molecule has 1 atom stereocenters. The summed E-state index contributed by atoms with van der Waals surface area (Å²) in [5.41, 5.74) is 1.52. The number of thioether (sulfide) groups is 1. The van der Waals surface area contributed by atoms with Crippen molar-refractivity contribution in [2.75, 3.05) is 13.7 Å². The van der Waals surface area contributed by atoms with Gasteiger partial charge in [0.25, 0.3) is 11.1 Å². The van der Waals surface area contributed by atoms with Gasteiger partial charge in [0.1, 0.15) is 12.6 Å². The average Bonchev–Trinajstić information content (AvgIpc) is 3.05. The van der Waals surface area contributed by atoms with Gasteiger partial charge in [-0.15, -0.1) is 0 Å². The number of benzene rings is 2. The fourth-order valence-electron chi connectivity index (χ4n) is 3.03. The number of esters is 1. The van der Waals surface area contributed by atoms with Crippen molar-refractivity contribution >= 4 is 46.6 Å². The van der Waals surface area contributed by atoms with Gasteiger partial charge in [-0.3, -0.25) is 14.5 Å². The van der Waals surface area contributed by atoms with Gasteiger partial charge >= 0.3 is 5.97 Å². The van der Waals surface area contributed by atoms with Gasteiger partial charge < -0.3 is 14.2 Å². The van der Waals surface area contributed by atoms with E-state index in [2.05, 4.69) is 0 Å². The van der Waals surface area contributed by atoms with E-state index in [1.165, 1.54) is 20.1 Å². The van der Waals surface area contributed by atoms with Gasteiger partial charge in [-0.25, -0.2) is 4.79 Å². The first-order valence-electron chi connectivity index (χ1n) is 9.83. The summed E-state index contributed by atoms with van der Waals surface area (Å²) in [4.78, 5) is 38.1. The Hall–Kier alpha value is -2.97. The summed E-state index contributed by atoms with van der Waals surface area (Å²) >= 11 is 7.17. The van der Waals surface area contributed by atoms with Gasteiger partial charge in [0.05, 0.1) is 23.6 Å². The van der Waals surface area contributed by atoms with Crippen LogP contribution in [0.5, 0.6) is 11.5 Å². The van der Waals surface area contributed by atoms with Crippen LogP contribution >= 0.6 is 23.4 Å². The van der Waals surface area contributed by atoms with E-state index in [0.29, 0.717) is 28.7 Å². The van der Waals surface area contributed by atoms with E-state index < -0.39 is 23.2 Å². The second-order valence-electron chi connectivity index (χ2n) is 6.79. The first-order chi connectivity index (χ1) is 15.3. The number of halogens is 1. The number of imide groups is 1. The van der Waals surface area contributed by atoms with Crippen LogP contribution in [-0.2, 0) is 20.9 Å². The van der Waals surface area contributed by atoms with Gasteiger partial charge in [0.15, 0.2) is 11.5 Å². The molecule has 7 nitrogen and oxygen atoms in total. The Labute approximate surface area is 195 Å². The van der Waals surface area contributed by atoms with Crippen LogP contribution in [0.4, 0.5) is 4.79 Å². The molecule has 32 heavy (non-hydrogen) atoms. The highest BCUT2D eigenvalue weighted by molar-refractivity contribution is 8.18. The molecule has 3 rings (SSSR count). The minimum Gasteiger partial charge on any atom is -0.493 e. The van der Waals surface area contributed by atoms with Crippen LogP contribution in [0.15, 0.2) is 47.4 Å². The zero-order valence-corrected chi connectivity index (χ0v) is 19.4. The zero-order chi connectivity index (χ0) is 23.3. The molecular weight excluding hydrogens is 454 g/mol. The van der Waals surface area contributed by atoms with E-state index in [9.17, 15) is 14.4 Å². The van der Waals surface area contributed by atoms with Crippen LogP contribution in [0.1, 0.15) is 25.0 Å². The van der Waals surface area contributed by atoms with Crippen molar-refractivity contribution in [1.82, 2.24) is 4.90 Å². The number of amides is 2. The van der Waals surface area contributed by atoms with Crippen molar-refractivity contribution in [3.8, 4) is 11.5 Å². The van der Waals surface area contributed by atoms with Crippen LogP contribution < -0.4 is 9.47 Å². The van der Waals surface area contributed by atoms with E-state index in [-0.39, 0.29) is 11.5 Å². The van der Waals surface area contributed by atoms with Gasteiger partial charge in [-0.1, -0.05) is 41.9 Å². The molecule has 2 aromatic carbocycles. The highest BCUT2D eigenvalue weighted by atomic mass is 35.5. The van der Waals surface area contributed by atoms with E-state index in [4.69, 9.17) is 25.8 Å². The lowest BCUT2D eigenvalue weighted by Gasteiger charge is -2.19. The molecular formula is C23H22ClNO6S. The third-order valence-corrected chi connectivity index (χ3v) is 5.78. The lowest BCUT2D eigenvalue weighted by Crippen LogP contribution is -2.42. The summed E-state index contributed by atoms with van der Waals surface area (Å²) < 4.78 is 16.2. The molecule has 0 aromatic heterocycles. The average molecular weight is 476 g/mol. The van der Waals surface area contributed by atoms with Crippen LogP contribution in [0, 0.1) is 0 Å². The number of hydrogen-bond acceptors (Lipinski definition) is 7. The minimum absolute atomic E-state index is 0.159. The van der Waals surface area contributed by atoms with Crippen molar-refractivity contribution < 1.29 is 28.6 Å². The first-order valence-corrected chi connectivity index (χ1v) is 11.0. The summed E-state index contributed by atoms with van der Waals surface area (Å²) in [5, 5.41) is -0.242. The topological polar surface area (TPSA) is 82.1 Å². The molecule has 0 bridgehead atoms. The van der Waals surface area contributed by atoms with Crippen LogP contribution in [0.25, 0.3) is 6.08 Å². The Balaban J connectivity index is 1.82. The molecule has 9 heteroatoms. The molecule has 0 radical (unpaired) electrons. The first kappa shape index (κ1) is 23.7. The summed E-state index contributed by atoms with van der Waals surface area (Å²) in [7, 11) is 1.49. The maximum atomic E-state index is 12.8. The molecule has 0 spiro atoms. The third-order valence-electron chi connectivity index (χ3n) is 4.61. The Morgan fingerprint density at radius 2 is 1.94 bits per heavy atom. The largest absolute Gasteiger partial charge is 0.493 e. The number of methoxy groups -OCH3 is 1. The molecule has 0 aliphatic carbocycles. The number of nitrogens with zero attached hydrogens (tertiary/aromatic N) is 1. The molecule has 0 saturated carbocycles. The SMILES string of the molecule is CCOC(=O)[C@@H](C)N1C(=O)S/C(=C/c2cc(Cl)c(OCc3ccccc3)c(OC)c2)C1=O. The van der Waals surface area contributed by atoms with E-state index in [0.717, 1.165) is 22.2 Å². The predicted molar refractivity (Wildman–Crippen MR) is 123 cm³/mol. The fourth-order valence-corrected chi connectivity index (χ4v) is 4.21. The second kappa shape index (κ2) is 10.6. The molecule has 1 aliphatic rings.